The summed E-state index contributed by atoms with van der Waals surface area (Å²) >= 11 is 3.63. The largest absolute Gasteiger partial charge is 0.367 e. The molecule has 0 aliphatic heterocycles. The molecule has 0 saturated heterocycles. The van der Waals surface area contributed by atoms with E-state index in [0.29, 0.717) is 12.0 Å². The van der Waals surface area contributed by atoms with Gasteiger partial charge in [-0.15, -0.1) is 11.3 Å². The number of aryl methyl sites for hydroxylation is 1. The van der Waals surface area contributed by atoms with Crippen LogP contribution in [0.5, 0.6) is 0 Å². The lowest BCUT2D eigenvalue weighted by Crippen LogP contribution is -2.17. The van der Waals surface area contributed by atoms with Gasteiger partial charge in [0.05, 0.1) is 5.39 Å². The van der Waals surface area contributed by atoms with Gasteiger partial charge < -0.3 is 10.6 Å². The summed E-state index contributed by atoms with van der Waals surface area (Å²) in [5.74, 6) is 2.79. The summed E-state index contributed by atoms with van der Waals surface area (Å²) in [5.41, 5.74) is 0. The molecule has 2 heterocycles. The molecule has 0 aliphatic carbocycles. The van der Waals surface area contributed by atoms with Crippen LogP contribution in [0.2, 0.25) is 0 Å². The lowest BCUT2D eigenvalue weighted by molar-refractivity contribution is 0.768. The highest BCUT2D eigenvalue weighted by molar-refractivity contribution is 7.98. The van der Waals surface area contributed by atoms with E-state index in [4.69, 9.17) is 0 Å². The first kappa shape index (κ1) is 15.4. The van der Waals surface area contributed by atoms with Crippen molar-refractivity contribution in [3.63, 3.8) is 0 Å². The molecule has 0 saturated carbocycles. The smallest absolute Gasteiger partial charge is 0.225 e. The Balaban J connectivity index is 2.31. The number of nitrogens with zero attached hydrogens (tertiary/aromatic N) is 2. The van der Waals surface area contributed by atoms with Gasteiger partial charge in [-0.25, -0.2) is 4.98 Å². The Kier molecular flexibility index (Phi) is 5.48. The van der Waals surface area contributed by atoms with Crippen LogP contribution in [-0.2, 0) is 6.42 Å². The fraction of sp³-hybridized carbons (Fsp3) is 0.571. The number of thiophene rings is 1. The second kappa shape index (κ2) is 7.13. The lowest BCUT2D eigenvalue weighted by atomic mass is 10.2. The van der Waals surface area contributed by atoms with Crippen LogP contribution in [0.25, 0.3) is 10.2 Å². The van der Waals surface area contributed by atoms with Crippen LogP contribution in [0.15, 0.2) is 6.07 Å². The molecular formula is C14H22N4S2. The standard InChI is InChI=1S/C14H22N4S2/c1-5-10-8-11-12(16-9(2)6-7-19-4)17-14(15-3)18-13(11)20-10/h8-9H,5-7H2,1-4H3,(H2,15,16,17,18). The Morgan fingerprint density at radius 2 is 2.20 bits per heavy atom. The molecular weight excluding hydrogens is 288 g/mol. The molecule has 0 aliphatic rings. The van der Waals surface area contributed by atoms with Crippen LogP contribution < -0.4 is 10.6 Å². The molecule has 0 spiro atoms. The first-order valence-corrected chi connectivity index (χ1v) is 9.12. The molecule has 0 aromatic carbocycles. The van der Waals surface area contributed by atoms with Crippen molar-refractivity contribution < 1.29 is 0 Å². The average Bonchev–Trinajstić information content (AvgIpc) is 2.88. The molecule has 6 heteroatoms. The van der Waals surface area contributed by atoms with Crippen molar-refractivity contribution in [2.75, 3.05) is 29.7 Å². The maximum Gasteiger partial charge on any atom is 0.225 e. The second-order valence-corrected chi connectivity index (χ2v) is 6.86. The van der Waals surface area contributed by atoms with Crippen LogP contribution in [0, 0.1) is 0 Å². The predicted molar refractivity (Wildman–Crippen MR) is 92.4 cm³/mol. The average molecular weight is 310 g/mol. The normalized spacial score (nSPS) is 12.6. The molecule has 2 N–H and O–H groups in total. The zero-order valence-corrected chi connectivity index (χ0v) is 14.1. The highest BCUT2D eigenvalue weighted by Crippen LogP contribution is 2.30. The number of aromatic nitrogens is 2. The highest BCUT2D eigenvalue weighted by Gasteiger charge is 2.12. The van der Waals surface area contributed by atoms with Gasteiger partial charge >= 0.3 is 0 Å². The zero-order valence-electron chi connectivity index (χ0n) is 12.5. The summed E-state index contributed by atoms with van der Waals surface area (Å²) in [6.45, 7) is 4.38. The van der Waals surface area contributed by atoms with Crippen LogP contribution in [-0.4, -0.2) is 35.1 Å². The second-order valence-electron chi connectivity index (χ2n) is 4.76. The lowest BCUT2D eigenvalue weighted by Gasteiger charge is -2.15. The van der Waals surface area contributed by atoms with E-state index in [1.54, 1.807) is 11.3 Å². The minimum atomic E-state index is 0.412. The molecule has 0 fully saturated rings. The minimum Gasteiger partial charge on any atom is -0.367 e. The van der Waals surface area contributed by atoms with Crippen LogP contribution in [0.1, 0.15) is 25.1 Å². The summed E-state index contributed by atoms with van der Waals surface area (Å²) < 4.78 is 0. The third-order valence-corrected chi connectivity index (χ3v) is 4.97. The molecule has 1 unspecified atom stereocenters. The summed E-state index contributed by atoms with van der Waals surface area (Å²) in [7, 11) is 1.86. The molecule has 0 bridgehead atoms. The number of thioether (sulfide) groups is 1. The maximum absolute atomic E-state index is 4.58. The van der Waals surface area contributed by atoms with Crippen molar-refractivity contribution >= 4 is 45.1 Å². The van der Waals surface area contributed by atoms with Gasteiger partial charge in [0.15, 0.2) is 0 Å². The Hall–Kier alpha value is -1.01. The molecule has 0 amide bonds. The Morgan fingerprint density at radius 1 is 1.40 bits per heavy atom. The third kappa shape index (κ3) is 3.55. The molecule has 20 heavy (non-hydrogen) atoms. The SMILES string of the molecule is CCc1cc2c(NC(C)CCSC)nc(NC)nc2s1. The fourth-order valence-corrected chi connectivity index (χ4v) is 3.52. The van der Waals surface area contributed by atoms with E-state index in [-0.39, 0.29) is 0 Å². The summed E-state index contributed by atoms with van der Waals surface area (Å²) in [6.07, 6.45) is 4.31. The number of nitrogens with one attached hydrogen (secondary N) is 2. The van der Waals surface area contributed by atoms with Gasteiger partial charge in [0, 0.05) is 18.0 Å². The molecule has 2 aromatic rings. The molecule has 2 rings (SSSR count). The summed E-state index contributed by atoms with van der Waals surface area (Å²) in [6, 6.07) is 2.62. The van der Waals surface area contributed by atoms with Crippen LogP contribution >= 0.6 is 23.1 Å². The number of fused-ring (bicyclic) bond motifs is 1. The van der Waals surface area contributed by atoms with E-state index in [0.717, 1.165) is 34.6 Å². The van der Waals surface area contributed by atoms with E-state index in [2.05, 4.69) is 46.8 Å². The molecule has 1 atom stereocenters. The van der Waals surface area contributed by atoms with Crippen molar-refractivity contribution in [1.29, 1.82) is 0 Å². The Labute approximate surface area is 128 Å². The van der Waals surface area contributed by atoms with E-state index < -0.39 is 0 Å². The first-order valence-electron chi connectivity index (χ1n) is 6.91. The number of anilines is 2. The fourth-order valence-electron chi connectivity index (χ4n) is 1.97. The Bertz CT molecular complexity index is 568. The van der Waals surface area contributed by atoms with Gasteiger partial charge in [-0.1, -0.05) is 6.92 Å². The number of hydrogen-bond acceptors (Lipinski definition) is 6. The monoisotopic (exact) mass is 310 g/mol. The highest BCUT2D eigenvalue weighted by atomic mass is 32.2. The van der Waals surface area contributed by atoms with Crippen molar-refractivity contribution in [3.05, 3.63) is 10.9 Å². The Morgan fingerprint density at radius 3 is 2.85 bits per heavy atom. The number of hydrogen-bond donors (Lipinski definition) is 2. The van der Waals surface area contributed by atoms with Crippen molar-refractivity contribution in [1.82, 2.24) is 9.97 Å². The van der Waals surface area contributed by atoms with Gasteiger partial charge in [-0.2, -0.15) is 16.7 Å². The topological polar surface area (TPSA) is 49.8 Å². The molecule has 0 radical (unpaired) electrons. The predicted octanol–water partition coefficient (Wildman–Crippen LogP) is 3.85. The zero-order chi connectivity index (χ0) is 14.5. The van der Waals surface area contributed by atoms with Gasteiger partial charge in [0.1, 0.15) is 10.6 Å². The van der Waals surface area contributed by atoms with Gasteiger partial charge in [-0.3, -0.25) is 0 Å². The van der Waals surface area contributed by atoms with Gasteiger partial charge in [0.2, 0.25) is 5.95 Å². The molecule has 110 valence electrons. The van der Waals surface area contributed by atoms with E-state index >= 15 is 0 Å². The van der Waals surface area contributed by atoms with Crippen molar-refractivity contribution in [2.45, 2.75) is 32.7 Å². The number of rotatable bonds is 7. The van der Waals surface area contributed by atoms with Crippen LogP contribution in [0.3, 0.4) is 0 Å². The first-order chi connectivity index (χ1) is 9.67. The van der Waals surface area contributed by atoms with Crippen molar-refractivity contribution in [2.24, 2.45) is 0 Å². The van der Waals surface area contributed by atoms with E-state index in [1.807, 2.05) is 18.8 Å². The van der Waals surface area contributed by atoms with E-state index in [9.17, 15) is 0 Å². The quantitative estimate of drug-likeness (QED) is 0.813. The minimum absolute atomic E-state index is 0.412. The third-order valence-electron chi connectivity index (χ3n) is 3.15. The summed E-state index contributed by atoms with van der Waals surface area (Å²) in [4.78, 5) is 11.5. The van der Waals surface area contributed by atoms with Gasteiger partial charge in [0.25, 0.3) is 0 Å². The van der Waals surface area contributed by atoms with Gasteiger partial charge in [-0.05, 0) is 37.8 Å². The molecule has 4 nitrogen and oxygen atoms in total. The van der Waals surface area contributed by atoms with E-state index in [1.165, 1.54) is 4.88 Å². The van der Waals surface area contributed by atoms with Crippen LogP contribution in [0.4, 0.5) is 11.8 Å². The van der Waals surface area contributed by atoms with Crippen molar-refractivity contribution in [3.8, 4) is 0 Å². The summed E-state index contributed by atoms with van der Waals surface area (Å²) in [5, 5.41) is 7.72. The maximum atomic E-state index is 4.58. The molecule has 2 aromatic heterocycles.